The molecule has 1 atom stereocenters. The Hall–Kier alpha value is -1.37. The van der Waals surface area contributed by atoms with E-state index < -0.39 is 0 Å². The Morgan fingerprint density at radius 2 is 2.06 bits per heavy atom. The summed E-state index contributed by atoms with van der Waals surface area (Å²) in [6.07, 6.45) is 8.10. The molecule has 1 unspecified atom stereocenters. The number of aromatic nitrogens is 2. The fraction of sp³-hybridized carbons (Fsp3) is 0.769. The Balaban J connectivity index is 1.99. The van der Waals surface area contributed by atoms with Crippen molar-refractivity contribution in [2.75, 3.05) is 0 Å². The standard InChI is InChI=1S/C13H19N3O/c1-10(9-14)8-12-15-13(16-17-12)11-6-4-2-3-5-7-11/h10-11H,2-8H2,1H3. The Kier molecular flexibility index (Phi) is 4.13. The highest BCUT2D eigenvalue weighted by Crippen LogP contribution is 2.29. The average molecular weight is 233 g/mol. The van der Waals surface area contributed by atoms with Crippen molar-refractivity contribution in [1.82, 2.24) is 10.1 Å². The maximum Gasteiger partial charge on any atom is 0.227 e. The highest BCUT2D eigenvalue weighted by atomic mass is 16.5. The van der Waals surface area contributed by atoms with Crippen molar-refractivity contribution in [3.8, 4) is 6.07 Å². The summed E-state index contributed by atoms with van der Waals surface area (Å²) >= 11 is 0. The highest BCUT2D eigenvalue weighted by molar-refractivity contribution is 4.98. The van der Waals surface area contributed by atoms with E-state index in [2.05, 4.69) is 16.2 Å². The maximum atomic E-state index is 8.75. The zero-order valence-electron chi connectivity index (χ0n) is 10.4. The van der Waals surface area contributed by atoms with E-state index in [-0.39, 0.29) is 5.92 Å². The Labute approximate surface area is 102 Å². The molecule has 2 rings (SSSR count). The minimum absolute atomic E-state index is 0.0579. The van der Waals surface area contributed by atoms with Crippen molar-refractivity contribution < 1.29 is 4.52 Å². The van der Waals surface area contributed by atoms with Crippen LogP contribution in [0.3, 0.4) is 0 Å². The summed E-state index contributed by atoms with van der Waals surface area (Å²) in [7, 11) is 0. The monoisotopic (exact) mass is 233 g/mol. The molecule has 0 aromatic carbocycles. The molecule has 0 N–H and O–H groups in total. The number of hydrogen-bond donors (Lipinski definition) is 0. The van der Waals surface area contributed by atoms with Crippen LogP contribution in [0.4, 0.5) is 0 Å². The van der Waals surface area contributed by atoms with Crippen molar-refractivity contribution in [3.63, 3.8) is 0 Å². The van der Waals surface area contributed by atoms with Gasteiger partial charge in [-0.2, -0.15) is 10.2 Å². The van der Waals surface area contributed by atoms with E-state index >= 15 is 0 Å². The zero-order chi connectivity index (χ0) is 12.1. The minimum Gasteiger partial charge on any atom is -0.339 e. The second kappa shape index (κ2) is 5.81. The van der Waals surface area contributed by atoms with Gasteiger partial charge in [-0.05, 0) is 19.8 Å². The lowest BCUT2D eigenvalue weighted by molar-refractivity contribution is 0.359. The van der Waals surface area contributed by atoms with Crippen LogP contribution in [0, 0.1) is 17.2 Å². The normalized spacial score (nSPS) is 19.5. The Morgan fingerprint density at radius 3 is 2.71 bits per heavy atom. The van der Waals surface area contributed by atoms with E-state index in [0.717, 1.165) is 5.82 Å². The van der Waals surface area contributed by atoms with E-state index in [1.54, 1.807) is 0 Å². The molecule has 4 nitrogen and oxygen atoms in total. The lowest BCUT2D eigenvalue weighted by Crippen LogP contribution is -2.01. The summed E-state index contributed by atoms with van der Waals surface area (Å²) in [6, 6.07) is 2.18. The van der Waals surface area contributed by atoms with Crippen molar-refractivity contribution in [1.29, 1.82) is 5.26 Å². The molecule has 0 spiro atoms. The summed E-state index contributed by atoms with van der Waals surface area (Å²) in [5, 5.41) is 12.8. The molecule has 1 aliphatic carbocycles. The summed E-state index contributed by atoms with van der Waals surface area (Å²) in [5.41, 5.74) is 0. The first-order valence-electron chi connectivity index (χ1n) is 6.51. The summed E-state index contributed by atoms with van der Waals surface area (Å²) in [6.45, 7) is 1.87. The summed E-state index contributed by atoms with van der Waals surface area (Å²) in [4.78, 5) is 4.43. The molecule has 1 heterocycles. The predicted octanol–water partition coefficient (Wildman–Crippen LogP) is 3.21. The second-order valence-corrected chi connectivity index (χ2v) is 4.97. The summed E-state index contributed by atoms with van der Waals surface area (Å²) in [5.74, 6) is 1.87. The fourth-order valence-electron chi connectivity index (χ4n) is 2.36. The predicted molar refractivity (Wildman–Crippen MR) is 63.2 cm³/mol. The molecule has 17 heavy (non-hydrogen) atoms. The first kappa shape index (κ1) is 12.1. The number of nitriles is 1. The number of hydrogen-bond acceptors (Lipinski definition) is 4. The third-order valence-corrected chi connectivity index (χ3v) is 3.41. The van der Waals surface area contributed by atoms with Gasteiger partial charge in [-0.25, -0.2) is 0 Å². The van der Waals surface area contributed by atoms with E-state index in [1.165, 1.54) is 38.5 Å². The van der Waals surface area contributed by atoms with Crippen LogP contribution in [0.15, 0.2) is 4.52 Å². The molecule has 1 saturated carbocycles. The Morgan fingerprint density at radius 1 is 1.35 bits per heavy atom. The van der Waals surface area contributed by atoms with Gasteiger partial charge < -0.3 is 4.52 Å². The second-order valence-electron chi connectivity index (χ2n) is 4.97. The maximum absolute atomic E-state index is 8.75. The molecule has 1 aromatic rings. The van der Waals surface area contributed by atoms with Crippen LogP contribution in [0.25, 0.3) is 0 Å². The minimum atomic E-state index is -0.0579. The van der Waals surface area contributed by atoms with Crippen LogP contribution >= 0.6 is 0 Å². The lowest BCUT2D eigenvalue weighted by Gasteiger charge is -2.07. The molecule has 0 amide bonds. The molecule has 92 valence electrons. The van der Waals surface area contributed by atoms with Crippen LogP contribution in [0.1, 0.15) is 63.1 Å². The molecule has 0 aliphatic heterocycles. The van der Waals surface area contributed by atoms with E-state index in [1.807, 2.05) is 6.92 Å². The van der Waals surface area contributed by atoms with Crippen molar-refractivity contribution in [2.24, 2.45) is 5.92 Å². The van der Waals surface area contributed by atoms with E-state index in [0.29, 0.717) is 18.2 Å². The largest absolute Gasteiger partial charge is 0.339 e. The first-order valence-corrected chi connectivity index (χ1v) is 6.51. The third kappa shape index (κ3) is 3.29. The molecular weight excluding hydrogens is 214 g/mol. The smallest absolute Gasteiger partial charge is 0.227 e. The Bertz CT molecular complexity index is 386. The fourth-order valence-corrected chi connectivity index (χ4v) is 2.36. The molecule has 0 saturated heterocycles. The molecule has 1 aromatic heterocycles. The van der Waals surface area contributed by atoms with Crippen LogP contribution in [0.2, 0.25) is 0 Å². The zero-order valence-corrected chi connectivity index (χ0v) is 10.4. The molecule has 1 fully saturated rings. The van der Waals surface area contributed by atoms with Crippen LogP contribution in [0.5, 0.6) is 0 Å². The van der Waals surface area contributed by atoms with Crippen molar-refractivity contribution in [2.45, 2.75) is 57.8 Å². The average Bonchev–Trinajstić information content (AvgIpc) is 2.63. The molecule has 0 radical (unpaired) electrons. The number of rotatable bonds is 3. The van der Waals surface area contributed by atoms with Crippen LogP contribution in [-0.4, -0.2) is 10.1 Å². The first-order chi connectivity index (χ1) is 8.29. The van der Waals surface area contributed by atoms with Gasteiger partial charge in [-0.3, -0.25) is 0 Å². The summed E-state index contributed by atoms with van der Waals surface area (Å²) < 4.78 is 5.22. The van der Waals surface area contributed by atoms with Crippen molar-refractivity contribution >= 4 is 0 Å². The van der Waals surface area contributed by atoms with Gasteiger partial charge in [0.15, 0.2) is 5.82 Å². The van der Waals surface area contributed by atoms with Gasteiger partial charge in [-0.15, -0.1) is 0 Å². The van der Waals surface area contributed by atoms with Gasteiger partial charge in [0.2, 0.25) is 5.89 Å². The SMILES string of the molecule is CC(C#N)Cc1nc(C2CCCCCC2)no1. The van der Waals surface area contributed by atoms with E-state index in [4.69, 9.17) is 9.78 Å². The third-order valence-electron chi connectivity index (χ3n) is 3.41. The quantitative estimate of drug-likeness (QED) is 0.752. The van der Waals surface area contributed by atoms with Gasteiger partial charge in [-0.1, -0.05) is 30.8 Å². The molecule has 0 bridgehead atoms. The van der Waals surface area contributed by atoms with Gasteiger partial charge in [0.25, 0.3) is 0 Å². The highest BCUT2D eigenvalue weighted by Gasteiger charge is 2.20. The van der Waals surface area contributed by atoms with Gasteiger partial charge in [0, 0.05) is 12.3 Å². The van der Waals surface area contributed by atoms with Gasteiger partial charge >= 0.3 is 0 Å². The number of nitrogens with zero attached hydrogens (tertiary/aromatic N) is 3. The van der Waals surface area contributed by atoms with Crippen LogP contribution < -0.4 is 0 Å². The van der Waals surface area contributed by atoms with Gasteiger partial charge in [0.05, 0.1) is 12.0 Å². The molecular formula is C13H19N3O. The van der Waals surface area contributed by atoms with Crippen LogP contribution in [-0.2, 0) is 6.42 Å². The van der Waals surface area contributed by atoms with Gasteiger partial charge in [0.1, 0.15) is 0 Å². The van der Waals surface area contributed by atoms with Crippen molar-refractivity contribution in [3.05, 3.63) is 11.7 Å². The lowest BCUT2D eigenvalue weighted by atomic mass is 10.00. The molecule has 1 aliphatic rings. The topological polar surface area (TPSA) is 62.7 Å². The van der Waals surface area contributed by atoms with E-state index in [9.17, 15) is 0 Å². The molecule has 4 heteroatoms.